The van der Waals surface area contributed by atoms with Gasteiger partial charge in [-0.15, -0.1) is 13.2 Å². The van der Waals surface area contributed by atoms with Crippen molar-refractivity contribution in [3.05, 3.63) is 94.5 Å². The minimum atomic E-state index is -4.83. The van der Waals surface area contributed by atoms with Crippen molar-refractivity contribution >= 4 is 23.4 Å². The van der Waals surface area contributed by atoms with E-state index in [9.17, 15) is 22.8 Å². The normalized spacial score (nSPS) is 12.1. The third-order valence-electron chi connectivity index (χ3n) is 4.45. The number of carbonyl (C=O) groups excluding carboxylic acids is 1. The first-order valence-electron chi connectivity index (χ1n) is 9.55. The monoisotopic (exact) mass is 456 g/mol. The average Bonchev–Trinajstić information content (AvgIpc) is 2.78. The molecule has 0 aliphatic carbocycles. The molecule has 3 N–H and O–H groups in total. The van der Waals surface area contributed by atoms with Crippen LogP contribution in [0.15, 0.2) is 82.8 Å². The third-order valence-corrected chi connectivity index (χ3v) is 4.45. The van der Waals surface area contributed by atoms with E-state index in [1.54, 1.807) is 30.3 Å². The van der Waals surface area contributed by atoms with E-state index < -0.39 is 23.6 Å². The maximum absolute atomic E-state index is 12.8. The molecule has 0 saturated carbocycles. The van der Waals surface area contributed by atoms with Crippen molar-refractivity contribution in [2.75, 3.05) is 12.4 Å². The molecule has 0 radical (unpaired) electrons. The summed E-state index contributed by atoms with van der Waals surface area (Å²) >= 11 is 0. The lowest BCUT2D eigenvalue weighted by molar-refractivity contribution is -0.274. The van der Waals surface area contributed by atoms with Crippen molar-refractivity contribution < 1.29 is 22.7 Å². The number of allylic oxidation sites excluding steroid dienone is 1. The number of aromatic nitrogens is 1. The maximum Gasteiger partial charge on any atom is 0.573 e. The Bertz CT molecular complexity index is 1250. The first-order valence-corrected chi connectivity index (χ1v) is 9.55. The lowest BCUT2D eigenvalue weighted by Gasteiger charge is -2.15. The molecule has 7 nitrogen and oxygen atoms in total. The molecule has 0 atom stereocenters. The van der Waals surface area contributed by atoms with E-state index in [2.05, 4.69) is 15.0 Å². The molecule has 170 valence electrons. The van der Waals surface area contributed by atoms with Crippen LogP contribution >= 0.6 is 0 Å². The van der Waals surface area contributed by atoms with E-state index in [1.807, 2.05) is 0 Å². The largest absolute Gasteiger partial charge is 0.573 e. The van der Waals surface area contributed by atoms with Crippen LogP contribution in [0.5, 0.6) is 5.75 Å². The number of hydrogen-bond donors (Lipinski definition) is 2. The van der Waals surface area contributed by atoms with Crippen LogP contribution in [0.3, 0.4) is 0 Å². The topological polar surface area (TPSA) is 98.7 Å². The lowest BCUT2D eigenvalue weighted by Crippen LogP contribution is -2.22. The number of alkyl halides is 3. The van der Waals surface area contributed by atoms with Crippen LogP contribution < -0.4 is 21.3 Å². The number of anilines is 1. The van der Waals surface area contributed by atoms with E-state index in [1.165, 1.54) is 48.4 Å². The summed E-state index contributed by atoms with van der Waals surface area (Å²) in [5.74, 6) is -0.862. The summed E-state index contributed by atoms with van der Waals surface area (Å²) in [6.45, 7) is 0. The van der Waals surface area contributed by atoms with Gasteiger partial charge in [0.2, 0.25) is 0 Å². The van der Waals surface area contributed by atoms with Crippen molar-refractivity contribution in [2.24, 2.45) is 10.7 Å². The van der Waals surface area contributed by atoms with E-state index in [4.69, 9.17) is 5.73 Å². The Morgan fingerprint density at radius 2 is 1.79 bits per heavy atom. The van der Waals surface area contributed by atoms with Gasteiger partial charge in [0.1, 0.15) is 5.75 Å². The minimum Gasteiger partial charge on any atom is -0.406 e. The molecule has 0 aliphatic rings. The Kier molecular flexibility index (Phi) is 6.97. The number of amides is 1. The number of hydrogen-bond acceptors (Lipinski definition) is 5. The summed E-state index contributed by atoms with van der Waals surface area (Å²) in [6.07, 6.45) is -0.703. The van der Waals surface area contributed by atoms with Crippen LogP contribution in [0.2, 0.25) is 0 Å². The fraction of sp³-hybridized carbons (Fsp3) is 0.0870. The molecular weight excluding hydrogens is 437 g/mol. The number of nitrogens with two attached hydrogens (primary N) is 1. The van der Waals surface area contributed by atoms with Crippen molar-refractivity contribution in [3.8, 4) is 11.4 Å². The summed E-state index contributed by atoms with van der Waals surface area (Å²) < 4.78 is 42.3. The highest BCUT2D eigenvalue weighted by Gasteiger charge is 2.31. The van der Waals surface area contributed by atoms with Gasteiger partial charge in [-0.3, -0.25) is 19.1 Å². The fourth-order valence-corrected chi connectivity index (χ4v) is 3.00. The molecule has 33 heavy (non-hydrogen) atoms. The number of aliphatic imine (C=N–C) groups is 1. The lowest BCUT2D eigenvalue weighted by atomic mass is 10.1. The quantitative estimate of drug-likeness (QED) is 0.548. The molecule has 0 spiro atoms. The second-order valence-corrected chi connectivity index (χ2v) is 6.68. The molecule has 1 amide bonds. The second-order valence-electron chi connectivity index (χ2n) is 6.68. The molecular formula is C23H19F3N4O3. The van der Waals surface area contributed by atoms with Crippen molar-refractivity contribution in [2.45, 2.75) is 6.36 Å². The summed E-state index contributed by atoms with van der Waals surface area (Å²) in [6, 6.07) is 14.4. The van der Waals surface area contributed by atoms with E-state index in [0.29, 0.717) is 16.7 Å². The Morgan fingerprint density at radius 3 is 2.36 bits per heavy atom. The van der Waals surface area contributed by atoms with Gasteiger partial charge < -0.3 is 15.8 Å². The molecule has 3 rings (SSSR count). The van der Waals surface area contributed by atoms with Gasteiger partial charge in [-0.2, -0.15) is 0 Å². The molecule has 2 aromatic carbocycles. The summed E-state index contributed by atoms with van der Waals surface area (Å²) in [7, 11) is 1.53. The number of pyridine rings is 1. The summed E-state index contributed by atoms with van der Waals surface area (Å²) in [5.41, 5.74) is 6.84. The van der Waals surface area contributed by atoms with E-state index >= 15 is 0 Å². The number of nitrogens with one attached hydrogen (secondary N) is 1. The zero-order chi connectivity index (χ0) is 24.0. The number of halogens is 3. The van der Waals surface area contributed by atoms with E-state index in [0.717, 1.165) is 12.1 Å². The minimum absolute atomic E-state index is 0.193. The summed E-state index contributed by atoms with van der Waals surface area (Å²) in [5, 5.41) is 2.70. The van der Waals surface area contributed by atoms with Gasteiger partial charge in [0.05, 0.1) is 5.69 Å². The predicted molar refractivity (Wildman–Crippen MR) is 120 cm³/mol. The highest BCUT2D eigenvalue weighted by Crippen LogP contribution is 2.25. The number of ether oxygens (including phenoxy) is 1. The molecule has 0 aliphatic heterocycles. The standard InChI is InChI=1S/C23H19F3N4O3/c1-28-13-16(12-27)19-14-30(17-7-9-18(10-8-17)33-23(24,25)26)21(31)11-20(19)29-22(32)15-5-3-2-4-6-15/h2-14H,27H2,1H3,(H,29,32). The van der Waals surface area contributed by atoms with Gasteiger partial charge in [-0.1, -0.05) is 18.2 Å². The number of nitrogens with zero attached hydrogens (tertiary/aromatic N) is 2. The van der Waals surface area contributed by atoms with Crippen LogP contribution in [0.25, 0.3) is 11.3 Å². The zero-order valence-electron chi connectivity index (χ0n) is 17.3. The van der Waals surface area contributed by atoms with Gasteiger partial charge in [-0.25, -0.2) is 0 Å². The third kappa shape index (κ3) is 5.88. The van der Waals surface area contributed by atoms with Crippen LogP contribution in [0.1, 0.15) is 15.9 Å². The number of rotatable bonds is 6. The van der Waals surface area contributed by atoms with Crippen LogP contribution in [-0.4, -0.2) is 30.1 Å². The highest BCUT2D eigenvalue weighted by atomic mass is 19.4. The zero-order valence-corrected chi connectivity index (χ0v) is 17.3. The summed E-state index contributed by atoms with van der Waals surface area (Å²) in [4.78, 5) is 29.4. The highest BCUT2D eigenvalue weighted by molar-refractivity contribution is 6.14. The van der Waals surface area contributed by atoms with Crippen molar-refractivity contribution in [3.63, 3.8) is 0 Å². The van der Waals surface area contributed by atoms with Crippen LogP contribution in [-0.2, 0) is 0 Å². The average molecular weight is 456 g/mol. The van der Waals surface area contributed by atoms with Gasteiger partial charge >= 0.3 is 6.36 Å². The van der Waals surface area contributed by atoms with Crippen molar-refractivity contribution in [1.82, 2.24) is 4.57 Å². The SMILES string of the molecule is CN=CC(=CN)c1cn(-c2ccc(OC(F)(F)F)cc2)c(=O)cc1NC(=O)c1ccccc1. The Labute approximate surface area is 186 Å². The predicted octanol–water partition coefficient (Wildman–Crippen LogP) is 3.99. The van der Waals surface area contributed by atoms with Crippen LogP contribution in [0, 0.1) is 0 Å². The fourth-order valence-electron chi connectivity index (χ4n) is 3.00. The molecule has 0 bridgehead atoms. The molecule has 10 heteroatoms. The molecule has 0 fully saturated rings. The van der Waals surface area contributed by atoms with E-state index in [-0.39, 0.29) is 11.4 Å². The molecule has 0 unspecified atom stereocenters. The number of benzene rings is 2. The first-order chi connectivity index (χ1) is 15.7. The number of carbonyl (C=O) groups is 1. The van der Waals surface area contributed by atoms with Gasteiger partial charge in [0.25, 0.3) is 11.5 Å². The Hall–Kier alpha value is -4.34. The Balaban J connectivity index is 2.05. The second kappa shape index (κ2) is 9.86. The van der Waals surface area contributed by atoms with Crippen LogP contribution in [0.4, 0.5) is 18.9 Å². The molecule has 0 saturated heterocycles. The van der Waals surface area contributed by atoms with Gasteiger partial charge in [-0.05, 0) is 36.4 Å². The van der Waals surface area contributed by atoms with Gasteiger partial charge in [0.15, 0.2) is 0 Å². The first kappa shape index (κ1) is 23.3. The molecule has 1 aromatic heterocycles. The smallest absolute Gasteiger partial charge is 0.406 e. The van der Waals surface area contributed by atoms with Gasteiger partial charge in [0, 0.05) is 54.1 Å². The molecule has 1 heterocycles. The molecule has 3 aromatic rings. The maximum atomic E-state index is 12.8. The Morgan fingerprint density at radius 1 is 1.12 bits per heavy atom. The van der Waals surface area contributed by atoms with Crippen molar-refractivity contribution in [1.29, 1.82) is 0 Å².